The Kier molecular flexibility index (Phi) is 7.66. The molecular formula is C23H24AsN3O3S. The molecule has 2 aromatic carbocycles. The summed E-state index contributed by atoms with van der Waals surface area (Å²) in [6.45, 7) is 1.56. The van der Waals surface area contributed by atoms with Gasteiger partial charge in [-0.2, -0.15) is 11.3 Å². The standard InChI is InChI=1S/C23H24AsN3O3S/c1-14(28)24-12-19(23(30)26-2)15-3-5-16(6-4-15)22(29)27-21-11-17(7-8-20(21)25)18-9-10-31-13-18/h3-11,13,19,24H,12,25H2,1-2H3,(H,26,30)(H,27,29). The number of nitrogens with two attached hydrogens (primary N) is 1. The molecule has 2 unspecified atom stereocenters. The van der Waals surface area contributed by atoms with E-state index in [2.05, 4.69) is 10.6 Å². The predicted molar refractivity (Wildman–Crippen MR) is 128 cm³/mol. The zero-order valence-corrected chi connectivity index (χ0v) is 20.2. The fraction of sp³-hybridized carbons (Fsp3) is 0.174. The molecule has 1 aromatic heterocycles. The molecule has 4 N–H and O–H groups in total. The van der Waals surface area contributed by atoms with Gasteiger partial charge in [-0.3, -0.25) is 0 Å². The Labute approximate surface area is 191 Å². The molecule has 0 aliphatic carbocycles. The Morgan fingerprint density at radius 3 is 2.42 bits per heavy atom. The third-order valence-electron chi connectivity index (χ3n) is 4.85. The Bertz CT molecular complexity index is 1080. The molecule has 0 aliphatic rings. The van der Waals surface area contributed by atoms with Gasteiger partial charge in [0.1, 0.15) is 0 Å². The van der Waals surface area contributed by atoms with Crippen molar-refractivity contribution in [2.24, 2.45) is 0 Å². The summed E-state index contributed by atoms with van der Waals surface area (Å²) in [5.74, 6) is -0.793. The number of anilines is 2. The molecule has 31 heavy (non-hydrogen) atoms. The number of carbonyl (C=O) groups is 3. The van der Waals surface area contributed by atoms with E-state index in [1.807, 2.05) is 29.0 Å². The van der Waals surface area contributed by atoms with Gasteiger partial charge in [0, 0.05) is 0 Å². The minimum absolute atomic E-state index is 0.125. The van der Waals surface area contributed by atoms with Gasteiger partial charge in [-0.05, 0) is 16.8 Å². The number of likely N-dealkylation sites (N-methyl/N-ethyl adjacent to an activating group) is 1. The number of amides is 2. The topological polar surface area (TPSA) is 101 Å². The van der Waals surface area contributed by atoms with Crippen LogP contribution in [0.1, 0.15) is 28.8 Å². The number of benzene rings is 2. The van der Waals surface area contributed by atoms with Crippen molar-refractivity contribution < 1.29 is 14.4 Å². The van der Waals surface area contributed by atoms with Gasteiger partial charge in [0.25, 0.3) is 0 Å². The molecule has 0 bridgehead atoms. The first kappa shape index (κ1) is 22.8. The fourth-order valence-electron chi connectivity index (χ4n) is 3.12. The van der Waals surface area contributed by atoms with Crippen molar-refractivity contribution in [1.29, 1.82) is 0 Å². The van der Waals surface area contributed by atoms with E-state index in [0.29, 0.717) is 22.1 Å². The molecule has 2 amide bonds. The normalized spacial score (nSPS) is 11.9. The van der Waals surface area contributed by atoms with Gasteiger partial charge in [-0.15, -0.1) is 0 Å². The number of rotatable bonds is 8. The Hall–Kier alpha value is -2.89. The van der Waals surface area contributed by atoms with Crippen molar-refractivity contribution in [1.82, 2.24) is 5.32 Å². The van der Waals surface area contributed by atoms with Crippen molar-refractivity contribution in [3.8, 4) is 11.1 Å². The molecule has 0 saturated carbocycles. The number of carbonyl (C=O) groups excluding carboxylic acids is 3. The summed E-state index contributed by atoms with van der Waals surface area (Å²) in [7, 11) is 1.58. The van der Waals surface area contributed by atoms with E-state index in [0.717, 1.165) is 16.7 Å². The molecule has 6 nitrogen and oxygen atoms in total. The number of hydrogen-bond acceptors (Lipinski definition) is 5. The van der Waals surface area contributed by atoms with Crippen molar-refractivity contribution in [3.05, 3.63) is 70.4 Å². The molecular weight excluding hydrogens is 473 g/mol. The van der Waals surface area contributed by atoms with Gasteiger partial charge in [0.15, 0.2) is 0 Å². The van der Waals surface area contributed by atoms with Gasteiger partial charge in [0.05, 0.1) is 0 Å². The second kappa shape index (κ2) is 10.4. The predicted octanol–water partition coefficient (Wildman–Crippen LogP) is 3.48. The summed E-state index contributed by atoms with van der Waals surface area (Å²) >= 11 is 0.753. The Morgan fingerprint density at radius 2 is 1.81 bits per heavy atom. The SMILES string of the molecule is CNC(=O)C(C[AsH]C(C)=O)c1ccc(C(=O)Nc2cc(-c3ccsc3)ccc2N)cc1. The third kappa shape index (κ3) is 5.84. The number of nitrogen functional groups attached to an aromatic ring is 1. The van der Waals surface area contributed by atoms with E-state index in [9.17, 15) is 14.4 Å². The number of hydrogen-bond donors (Lipinski definition) is 3. The van der Waals surface area contributed by atoms with Gasteiger partial charge in [0.2, 0.25) is 0 Å². The Morgan fingerprint density at radius 1 is 1.06 bits per heavy atom. The molecule has 0 fully saturated rings. The van der Waals surface area contributed by atoms with Crippen LogP contribution in [0.5, 0.6) is 0 Å². The second-order valence-corrected chi connectivity index (χ2v) is 10.8. The van der Waals surface area contributed by atoms with Crippen LogP contribution in [0.4, 0.5) is 11.4 Å². The van der Waals surface area contributed by atoms with Crippen molar-refractivity contribution >= 4 is 54.8 Å². The average molecular weight is 497 g/mol. The van der Waals surface area contributed by atoms with Crippen LogP contribution in [-0.2, 0) is 9.59 Å². The zero-order chi connectivity index (χ0) is 22.4. The van der Waals surface area contributed by atoms with Gasteiger partial charge in [-0.1, -0.05) is 0 Å². The summed E-state index contributed by atoms with van der Waals surface area (Å²) < 4.78 is 0.159. The fourth-order valence-corrected chi connectivity index (χ4v) is 5.70. The molecule has 0 saturated heterocycles. The quantitative estimate of drug-likeness (QED) is 0.328. The molecule has 0 spiro atoms. The zero-order valence-electron chi connectivity index (χ0n) is 17.3. The van der Waals surface area contributed by atoms with Gasteiger partial charge in [-0.25, -0.2) is 0 Å². The van der Waals surface area contributed by atoms with Crippen molar-refractivity contribution in [2.45, 2.75) is 18.1 Å². The molecule has 2 atom stereocenters. The first-order valence-corrected chi connectivity index (χ1v) is 13.2. The van der Waals surface area contributed by atoms with Gasteiger partial charge >= 0.3 is 164 Å². The van der Waals surface area contributed by atoms with Crippen LogP contribution in [0.2, 0.25) is 5.21 Å². The van der Waals surface area contributed by atoms with E-state index < -0.39 is 15.8 Å². The van der Waals surface area contributed by atoms with E-state index >= 15 is 0 Å². The Balaban J connectivity index is 1.76. The van der Waals surface area contributed by atoms with Crippen LogP contribution >= 0.6 is 11.3 Å². The summed E-state index contributed by atoms with van der Waals surface area (Å²) in [5.41, 5.74) is 10.4. The third-order valence-corrected chi connectivity index (χ3v) is 7.86. The maximum atomic E-state index is 12.8. The van der Waals surface area contributed by atoms with Crippen LogP contribution in [0.3, 0.4) is 0 Å². The molecule has 3 rings (SSSR count). The monoisotopic (exact) mass is 497 g/mol. The molecule has 8 heteroatoms. The summed E-state index contributed by atoms with van der Waals surface area (Å²) in [5, 5.41) is 10.1. The molecule has 3 aromatic rings. The molecule has 160 valence electrons. The van der Waals surface area contributed by atoms with E-state index in [1.165, 1.54) is 0 Å². The van der Waals surface area contributed by atoms with E-state index in [4.69, 9.17) is 5.73 Å². The van der Waals surface area contributed by atoms with E-state index in [-0.39, 0.29) is 22.3 Å². The summed E-state index contributed by atoms with van der Waals surface area (Å²) in [6.07, 6.45) is 0. The van der Waals surface area contributed by atoms with Crippen LogP contribution in [0.15, 0.2) is 59.3 Å². The number of nitrogens with one attached hydrogen (secondary N) is 2. The maximum absolute atomic E-state index is 12.8. The summed E-state index contributed by atoms with van der Waals surface area (Å²) in [6, 6.07) is 14.5. The average Bonchev–Trinajstić information content (AvgIpc) is 3.30. The summed E-state index contributed by atoms with van der Waals surface area (Å²) in [4.78, 5) is 36.4. The van der Waals surface area contributed by atoms with Gasteiger partial charge < -0.3 is 0 Å². The van der Waals surface area contributed by atoms with Crippen LogP contribution in [0.25, 0.3) is 11.1 Å². The molecule has 1 heterocycles. The molecule has 0 radical (unpaired) electrons. The second-order valence-electron chi connectivity index (χ2n) is 6.99. The van der Waals surface area contributed by atoms with E-state index in [1.54, 1.807) is 55.6 Å². The first-order valence-electron chi connectivity index (χ1n) is 9.68. The molecule has 0 aliphatic heterocycles. The van der Waals surface area contributed by atoms with Crippen molar-refractivity contribution in [2.75, 3.05) is 18.1 Å². The first-order chi connectivity index (χ1) is 14.9. The van der Waals surface area contributed by atoms with Crippen LogP contribution in [-0.4, -0.2) is 39.2 Å². The number of thiophene rings is 1. The minimum atomic E-state index is -0.851. The van der Waals surface area contributed by atoms with Crippen LogP contribution < -0.4 is 16.4 Å². The van der Waals surface area contributed by atoms with Crippen LogP contribution in [0, 0.1) is 0 Å². The van der Waals surface area contributed by atoms with Crippen molar-refractivity contribution in [3.63, 3.8) is 0 Å².